The maximum absolute atomic E-state index is 5.68. The van der Waals surface area contributed by atoms with Crippen LogP contribution < -0.4 is 10.5 Å². The molecule has 2 heteroatoms. The highest BCUT2D eigenvalue weighted by molar-refractivity contribution is 5.58. The Bertz CT molecular complexity index is 269. The van der Waals surface area contributed by atoms with E-state index in [0.29, 0.717) is 5.69 Å². The normalized spacial score (nSPS) is 9.73. The first kappa shape index (κ1) is 7.92. The molecule has 0 aliphatic rings. The molecule has 0 spiro atoms. The molecule has 0 atom stereocenters. The summed E-state index contributed by atoms with van der Waals surface area (Å²) < 4.78 is 5.13. The molecule has 2 N–H and O–H groups in total. The summed E-state index contributed by atoms with van der Waals surface area (Å²) >= 11 is 0. The summed E-state index contributed by atoms with van der Waals surface area (Å²) in [6, 6.07) is 3.86. The van der Waals surface area contributed by atoms with Crippen LogP contribution in [-0.4, -0.2) is 7.11 Å². The van der Waals surface area contributed by atoms with Gasteiger partial charge in [0, 0.05) is 0 Å². The third-order valence-electron chi connectivity index (χ3n) is 1.91. The zero-order chi connectivity index (χ0) is 8.43. The maximum atomic E-state index is 5.68. The molecule has 0 radical (unpaired) electrons. The van der Waals surface area contributed by atoms with Gasteiger partial charge in [-0.15, -0.1) is 0 Å². The smallest absolute Gasteiger partial charge is 0.144 e. The highest BCUT2D eigenvalue weighted by Gasteiger charge is 2.03. The molecule has 0 bridgehead atoms. The second-order valence-corrected chi connectivity index (χ2v) is 2.63. The number of methoxy groups -OCH3 is 1. The van der Waals surface area contributed by atoms with Gasteiger partial charge in [-0.25, -0.2) is 0 Å². The van der Waals surface area contributed by atoms with Gasteiger partial charge in [0.15, 0.2) is 0 Å². The van der Waals surface area contributed by atoms with Crippen LogP contribution in [0.25, 0.3) is 0 Å². The van der Waals surface area contributed by atoms with Gasteiger partial charge in [-0.1, -0.05) is 6.07 Å². The van der Waals surface area contributed by atoms with Crippen LogP contribution in [0.5, 0.6) is 5.75 Å². The lowest BCUT2D eigenvalue weighted by molar-refractivity contribution is 0.413. The number of hydrogen-bond donors (Lipinski definition) is 1. The highest BCUT2D eigenvalue weighted by atomic mass is 16.5. The first-order chi connectivity index (χ1) is 5.16. The monoisotopic (exact) mass is 151 g/mol. The number of nitrogens with two attached hydrogens (primary N) is 1. The highest BCUT2D eigenvalue weighted by Crippen LogP contribution is 2.27. The second kappa shape index (κ2) is 2.82. The van der Waals surface area contributed by atoms with Crippen LogP contribution in [0.1, 0.15) is 11.1 Å². The largest absolute Gasteiger partial charge is 0.494 e. The number of anilines is 1. The van der Waals surface area contributed by atoms with Crippen molar-refractivity contribution >= 4 is 5.69 Å². The topological polar surface area (TPSA) is 35.2 Å². The average molecular weight is 151 g/mol. The number of benzene rings is 1. The van der Waals surface area contributed by atoms with Crippen molar-refractivity contribution in [2.45, 2.75) is 13.8 Å². The molecule has 11 heavy (non-hydrogen) atoms. The van der Waals surface area contributed by atoms with Crippen LogP contribution in [0.15, 0.2) is 12.1 Å². The standard InChI is InChI=1S/C9H13NO/c1-6-4-5-8(10)9(11-3)7(6)2/h4-5H,10H2,1-3H3. The van der Waals surface area contributed by atoms with Crippen LogP contribution in [0.2, 0.25) is 0 Å². The van der Waals surface area contributed by atoms with Crippen LogP contribution in [0.4, 0.5) is 5.69 Å². The van der Waals surface area contributed by atoms with E-state index in [1.807, 2.05) is 26.0 Å². The molecular weight excluding hydrogens is 138 g/mol. The summed E-state index contributed by atoms with van der Waals surface area (Å²) in [7, 11) is 1.64. The van der Waals surface area contributed by atoms with Crippen LogP contribution >= 0.6 is 0 Å². The van der Waals surface area contributed by atoms with E-state index in [1.54, 1.807) is 7.11 Å². The summed E-state index contributed by atoms with van der Waals surface area (Å²) in [4.78, 5) is 0. The Morgan fingerprint density at radius 1 is 1.27 bits per heavy atom. The van der Waals surface area contributed by atoms with E-state index < -0.39 is 0 Å². The van der Waals surface area contributed by atoms with Gasteiger partial charge in [0.2, 0.25) is 0 Å². The lowest BCUT2D eigenvalue weighted by atomic mass is 10.1. The van der Waals surface area contributed by atoms with E-state index >= 15 is 0 Å². The molecule has 60 valence electrons. The van der Waals surface area contributed by atoms with Crippen LogP contribution in [-0.2, 0) is 0 Å². The minimum Gasteiger partial charge on any atom is -0.494 e. The van der Waals surface area contributed by atoms with Gasteiger partial charge in [-0.2, -0.15) is 0 Å². The Balaban J connectivity index is 3.29. The van der Waals surface area contributed by atoms with Gasteiger partial charge in [0.05, 0.1) is 12.8 Å². The number of nitrogen functional groups attached to an aromatic ring is 1. The molecule has 2 nitrogen and oxygen atoms in total. The van der Waals surface area contributed by atoms with Crippen molar-refractivity contribution in [3.05, 3.63) is 23.3 Å². The Hall–Kier alpha value is -1.18. The second-order valence-electron chi connectivity index (χ2n) is 2.63. The minimum absolute atomic E-state index is 0.704. The minimum atomic E-state index is 0.704. The summed E-state index contributed by atoms with van der Waals surface area (Å²) in [6.07, 6.45) is 0. The quantitative estimate of drug-likeness (QED) is 0.622. The van der Waals surface area contributed by atoms with Crippen molar-refractivity contribution in [1.82, 2.24) is 0 Å². The predicted octanol–water partition coefficient (Wildman–Crippen LogP) is 1.89. The number of hydrogen-bond acceptors (Lipinski definition) is 2. The third-order valence-corrected chi connectivity index (χ3v) is 1.91. The molecule has 0 saturated heterocycles. The third kappa shape index (κ3) is 1.29. The molecule has 0 saturated carbocycles. The maximum Gasteiger partial charge on any atom is 0.144 e. The van der Waals surface area contributed by atoms with Gasteiger partial charge >= 0.3 is 0 Å². The first-order valence-electron chi connectivity index (χ1n) is 3.56. The van der Waals surface area contributed by atoms with E-state index in [4.69, 9.17) is 10.5 Å². The van der Waals surface area contributed by atoms with Crippen molar-refractivity contribution < 1.29 is 4.74 Å². The lowest BCUT2D eigenvalue weighted by Crippen LogP contribution is -1.96. The first-order valence-corrected chi connectivity index (χ1v) is 3.56. The van der Waals surface area contributed by atoms with Crippen molar-refractivity contribution in [2.75, 3.05) is 12.8 Å². The molecule has 0 aliphatic carbocycles. The number of rotatable bonds is 1. The zero-order valence-corrected chi connectivity index (χ0v) is 7.14. The van der Waals surface area contributed by atoms with E-state index in [1.165, 1.54) is 5.56 Å². The van der Waals surface area contributed by atoms with Crippen LogP contribution in [0.3, 0.4) is 0 Å². The molecule has 0 fully saturated rings. The Morgan fingerprint density at radius 3 is 2.36 bits per heavy atom. The van der Waals surface area contributed by atoms with Crippen molar-refractivity contribution in [3.8, 4) is 5.75 Å². The Morgan fingerprint density at radius 2 is 1.91 bits per heavy atom. The van der Waals surface area contributed by atoms with Gasteiger partial charge in [-0.3, -0.25) is 0 Å². The molecule has 1 aromatic rings. The molecular formula is C9H13NO. The van der Waals surface area contributed by atoms with Crippen molar-refractivity contribution in [3.63, 3.8) is 0 Å². The van der Waals surface area contributed by atoms with E-state index in [9.17, 15) is 0 Å². The summed E-state index contributed by atoms with van der Waals surface area (Å²) in [6.45, 7) is 4.04. The molecule has 0 heterocycles. The van der Waals surface area contributed by atoms with Gasteiger partial charge in [0.25, 0.3) is 0 Å². The molecule has 0 aromatic heterocycles. The fraction of sp³-hybridized carbons (Fsp3) is 0.333. The number of aryl methyl sites for hydroxylation is 1. The van der Waals surface area contributed by atoms with E-state index in [0.717, 1.165) is 11.3 Å². The Kier molecular flexibility index (Phi) is 2.03. The van der Waals surface area contributed by atoms with Gasteiger partial charge in [0.1, 0.15) is 5.75 Å². The summed E-state index contributed by atoms with van der Waals surface area (Å²) in [5.74, 6) is 0.796. The van der Waals surface area contributed by atoms with E-state index in [2.05, 4.69) is 0 Å². The van der Waals surface area contributed by atoms with Crippen molar-refractivity contribution in [2.24, 2.45) is 0 Å². The Labute approximate surface area is 67.0 Å². The van der Waals surface area contributed by atoms with Crippen LogP contribution in [0, 0.1) is 13.8 Å². The fourth-order valence-electron chi connectivity index (χ4n) is 1.08. The summed E-state index contributed by atoms with van der Waals surface area (Å²) in [5.41, 5.74) is 8.70. The molecule has 0 unspecified atom stereocenters. The van der Waals surface area contributed by atoms with Gasteiger partial charge < -0.3 is 10.5 Å². The molecule has 1 rings (SSSR count). The number of ether oxygens (including phenoxy) is 1. The predicted molar refractivity (Wildman–Crippen MR) is 46.9 cm³/mol. The van der Waals surface area contributed by atoms with E-state index in [-0.39, 0.29) is 0 Å². The zero-order valence-electron chi connectivity index (χ0n) is 7.14. The average Bonchev–Trinajstić information content (AvgIpc) is 1.99. The lowest BCUT2D eigenvalue weighted by Gasteiger charge is -2.09. The van der Waals surface area contributed by atoms with Gasteiger partial charge in [-0.05, 0) is 31.0 Å². The molecule has 0 aliphatic heterocycles. The molecule has 0 amide bonds. The fourth-order valence-corrected chi connectivity index (χ4v) is 1.08. The molecule has 1 aromatic carbocycles. The van der Waals surface area contributed by atoms with Crippen molar-refractivity contribution in [1.29, 1.82) is 0 Å². The SMILES string of the molecule is COc1c(N)ccc(C)c1C. The summed E-state index contributed by atoms with van der Waals surface area (Å²) in [5, 5.41) is 0.